The number of amides is 2. The van der Waals surface area contributed by atoms with Crippen LogP contribution in [0.15, 0.2) is 90.1 Å². The van der Waals surface area contributed by atoms with E-state index in [-0.39, 0.29) is 17.9 Å². The van der Waals surface area contributed by atoms with Crippen LogP contribution in [0.4, 0.5) is 0 Å². The van der Waals surface area contributed by atoms with Gasteiger partial charge in [-0.05, 0) is 43.2 Å². The van der Waals surface area contributed by atoms with Crippen molar-refractivity contribution in [2.24, 2.45) is 0 Å². The molecule has 5 rings (SSSR count). The third-order valence-corrected chi connectivity index (χ3v) is 8.88. The number of carbonyl (C=O) groups is 2. The van der Waals surface area contributed by atoms with Gasteiger partial charge in [0.15, 0.2) is 11.0 Å². The average molecular weight is 609 g/mol. The van der Waals surface area contributed by atoms with E-state index in [0.717, 1.165) is 22.0 Å². The van der Waals surface area contributed by atoms with Crippen LogP contribution >= 0.6 is 35.0 Å². The molecule has 0 aliphatic carbocycles. The summed E-state index contributed by atoms with van der Waals surface area (Å²) in [6.07, 6.45) is 1.12. The van der Waals surface area contributed by atoms with E-state index >= 15 is 0 Å². The third-order valence-electron chi connectivity index (χ3n) is 7.10. The van der Waals surface area contributed by atoms with Gasteiger partial charge in [0.25, 0.3) is 0 Å². The van der Waals surface area contributed by atoms with Crippen LogP contribution in [0.1, 0.15) is 30.7 Å². The number of nitrogens with zero attached hydrogens (tertiary/aromatic N) is 5. The lowest BCUT2D eigenvalue weighted by molar-refractivity contribution is -0.142. The van der Waals surface area contributed by atoms with Crippen molar-refractivity contribution in [2.75, 3.05) is 25.4 Å². The van der Waals surface area contributed by atoms with Crippen LogP contribution in [-0.2, 0) is 9.59 Å². The molecule has 0 radical (unpaired) electrons. The van der Waals surface area contributed by atoms with Gasteiger partial charge in [-0.25, -0.2) is 0 Å². The molecular weight excluding hydrogens is 577 g/mol. The van der Waals surface area contributed by atoms with Crippen molar-refractivity contribution in [3.63, 3.8) is 0 Å². The second kappa shape index (κ2) is 13.6. The molecule has 2 heterocycles. The fraction of sp³-hybridized carbons (Fsp3) is 0.290. The Labute approximate surface area is 254 Å². The van der Waals surface area contributed by atoms with Crippen molar-refractivity contribution in [2.45, 2.75) is 36.3 Å². The number of aromatic nitrogens is 3. The lowest BCUT2D eigenvalue weighted by atomic mass is 10.1. The molecule has 2 atom stereocenters. The van der Waals surface area contributed by atoms with Gasteiger partial charge in [0.05, 0.1) is 5.02 Å². The minimum absolute atomic E-state index is 0.0938. The third kappa shape index (κ3) is 6.77. The normalized spacial score (nSPS) is 16.0. The Kier molecular flexibility index (Phi) is 9.64. The Balaban J connectivity index is 1.16. The maximum Gasteiger partial charge on any atom is 0.245 e. The van der Waals surface area contributed by atoms with Crippen molar-refractivity contribution in [3.8, 4) is 17.1 Å². The van der Waals surface area contributed by atoms with Gasteiger partial charge >= 0.3 is 0 Å². The predicted octanol–water partition coefficient (Wildman–Crippen LogP) is 6.50. The summed E-state index contributed by atoms with van der Waals surface area (Å²) < 4.78 is 2.01. The molecule has 0 bridgehead atoms. The number of thioether (sulfide) groups is 1. The highest BCUT2D eigenvalue weighted by Gasteiger charge is 2.33. The molecule has 10 heteroatoms. The second-order valence-electron chi connectivity index (χ2n) is 9.90. The standard InChI is InChI=1S/C31H31Cl2N5O2S/c1-22-21-36(18-19-37(22)30(40)28(33)23-11-4-2-5-12-23)27(39)17-10-20-41-31-35-34-29(25-15-8-9-16-26(25)32)38(31)24-13-6-3-7-14-24/h2-9,11-16,22,28H,10,17-21H2,1H3. The molecule has 1 saturated heterocycles. The molecule has 7 nitrogen and oxygen atoms in total. The second-order valence-corrected chi connectivity index (χ2v) is 11.8. The summed E-state index contributed by atoms with van der Waals surface area (Å²) in [5.41, 5.74) is 2.53. The van der Waals surface area contributed by atoms with Gasteiger partial charge in [0.1, 0.15) is 5.38 Å². The monoisotopic (exact) mass is 607 g/mol. The zero-order valence-corrected chi connectivity index (χ0v) is 25.0. The van der Waals surface area contributed by atoms with Gasteiger partial charge < -0.3 is 9.80 Å². The number of hydrogen-bond acceptors (Lipinski definition) is 5. The number of alkyl halides is 1. The summed E-state index contributed by atoms with van der Waals surface area (Å²) in [5.74, 6) is 1.36. The maximum atomic E-state index is 13.0. The summed E-state index contributed by atoms with van der Waals surface area (Å²) in [6.45, 7) is 3.44. The van der Waals surface area contributed by atoms with Gasteiger partial charge in [-0.3, -0.25) is 14.2 Å². The molecular formula is C31H31Cl2N5O2S. The molecule has 0 spiro atoms. The summed E-state index contributed by atoms with van der Waals surface area (Å²) >= 11 is 14.5. The van der Waals surface area contributed by atoms with Gasteiger partial charge in [-0.2, -0.15) is 0 Å². The van der Waals surface area contributed by atoms with E-state index in [9.17, 15) is 9.59 Å². The molecule has 0 saturated carbocycles. The van der Waals surface area contributed by atoms with E-state index in [2.05, 4.69) is 10.2 Å². The average Bonchev–Trinajstić information content (AvgIpc) is 3.43. The Morgan fingerprint density at radius 1 is 0.951 bits per heavy atom. The van der Waals surface area contributed by atoms with Crippen LogP contribution in [0.25, 0.3) is 17.1 Å². The van der Waals surface area contributed by atoms with Crippen LogP contribution in [0.3, 0.4) is 0 Å². The first-order valence-corrected chi connectivity index (χ1v) is 15.4. The topological polar surface area (TPSA) is 71.3 Å². The Morgan fingerprint density at radius 3 is 2.34 bits per heavy atom. The summed E-state index contributed by atoms with van der Waals surface area (Å²) in [4.78, 5) is 29.7. The number of para-hydroxylation sites is 1. The van der Waals surface area contributed by atoms with E-state index < -0.39 is 5.38 Å². The van der Waals surface area contributed by atoms with Gasteiger partial charge in [-0.15, -0.1) is 21.8 Å². The maximum absolute atomic E-state index is 13.0. The molecule has 1 aliphatic rings. The van der Waals surface area contributed by atoms with Crippen molar-refractivity contribution in [1.29, 1.82) is 0 Å². The molecule has 2 unspecified atom stereocenters. The first kappa shape index (κ1) is 29.2. The van der Waals surface area contributed by atoms with Crippen LogP contribution in [0.5, 0.6) is 0 Å². The number of hydrogen-bond donors (Lipinski definition) is 0. The Bertz CT molecular complexity index is 1480. The first-order valence-electron chi connectivity index (χ1n) is 13.6. The Hall–Kier alpha value is -3.33. The largest absolute Gasteiger partial charge is 0.339 e. The highest BCUT2D eigenvalue weighted by Crippen LogP contribution is 2.32. The number of benzene rings is 3. The summed E-state index contributed by atoms with van der Waals surface area (Å²) in [7, 11) is 0. The fourth-order valence-corrected chi connectivity index (χ4v) is 6.34. The predicted molar refractivity (Wildman–Crippen MR) is 165 cm³/mol. The van der Waals surface area contributed by atoms with Gasteiger partial charge in [0, 0.05) is 49.1 Å². The van der Waals surface area contributed by atoms with Crippen LogP contribution < -0.4 is 0 Å². The van der Waals surface area contributed by atoms with Crippen molar-refractivity contribution in [3.05, 3.63) is 95.5 Å². The molecule has 1 aromatic heterocycles. The molecule has 212 valence electrons. The summed E-state index contributed by atoms with van der Waals surface area (Å²) in [6, 6.07) is 26.8. The smallest absolute Gasteiger partial charge is 0.245 e. The van der Waals surface area contributed by atoms with Crippen molar-refractivity contribution in [1.82, 2.24) is 24.6 Å². The summed E-state index contributed by atoms with van der Waals surface area (Å²) in [5, 5.41) is 9.55. The molecule has 2 amide bonds. The van der Waals surface area contributed by atoms with Crippen molar-refractivity contribution >= 4 is 46.8 Å². The minimum Gasteiger partial charge on any atom is -0.339 e. The minimum atomic E-state index is -0.728. The molecule has 1 aliphatic heterocycles. The highest BCUT2D eigenvalue weighted by molar-refractivity contribution is 7.99. The first-order chi connectivity index (χ1) is 19.9. The molecule has 0 N–H and O–H groups in total. The zero-order valence-electron chi connectivity index (χ0n) is 22.7. The van der Waals surface area contributed by atoms with Gasteiger partial charge in [0.2, 0.25) is 11.8 Å². The molecule has 1 fully saturated rings. The molecule has 41 heavy (non-hydrogen) atoms. The van der Waals surface area contributed by atoms with E-state index in [1.807, 2.05) is 101 Å². The number of halogens is 2. The van der Waals surface area contributed by atoms with Crippen LogP contribution in [0.2, 0.25) is 5.02 Å². The van der Waals surface area contributed by atoms with E-state index in [1.165, 1.54) is 0 Å². The highest BCUT2D eigenvalue weighted by atomic mass is 35.5. The zero-order chi connectivity index (χ0) is 28.8. The SMILES string of the molecule is CC1CN(C(=O)CCCSc2nnc(-c3ccccc3Cl)n2-c2ccccc2)CCN1C(=O)C(Cl)c1ccccc1. The number of rotatable bonds is 9. The van der Waals surface area contributed by atoms with Crippen LogP contribution in [0, 0.1) is 0 Å². The fourth-order valence-electron chi connectivity index (χ4n) is 4.96. The molecule has 4 aromatic rings. The lowest BCUT2D eigenvalue weighted by Crippen LogP contribution is -2.56. The van der Waals surface area contributed by atoms with Gasteiger partial charge in [-0.1, -0.05) is 84.0 Å². The van der Waals surface area contributed by atoms with E-state index in [0.29, 0.717) is 49.1 Å². The quantitative estimate of drug-likeness (QED) is 0.123. The van der Waals surface area contributed by atoms with E-state index in [4.69, 9.17) is 23.2 Å². The van der Waals surface area contributed by atoms with Crippen molar-refractivity contribution < 1.29 is 9.59 Å². The number of carbonyl (C=O) groups excluding carboxylic acids is 2. The lowest BCUT2D eigenvalue weighted by Gasteiger charge is -2.40. The van der Waals surface area contributed by atoms with Crippen LogP contribution in [-0.4, -0.2) is 67.8 Å². The molecule has 3 aromatic carbocycles. The van der Waals surface area contributed by atoms with E-state index in [1.54, 1.807) is 16.7 Å². The number of piperazine rings is 1. The Morgan fingerprint density at radius 2 is 1.63 bits per heavy atom.